The quantitative estimate of drug-likeness (QED) is 0.223. The van der Waals surface area contributed by atoms with E-state index in [1.807, 2.05) is 18.2 Å². The maximum atomic E-state index is 12.9. The van der Waals surface area contributed by atoms with Gasteiger partial charge in [0.2, 0.25) is 0 Å². The molecule has 206 valence electrons. The number of esters is 4. The van der Waals surface area contributed by atoms with Crippen molar-refractivity contribution in [3.8, 4) is 5.69 Å². The summed E-state index contributed by atoms with van der Waals surface area (Å²) in [6.45, 7) is 4.43. The van der Waals surface area contributed by atoms with E-state index < -0.39 is 54.4 Å². The van der Waals surface area contributed by atoms with Crippen LogP contribution in [0.3, 0.4) is 0 Å². The van der Waals surface area contributed by atoms with Crippen molar-refractivity contribution in [3.05, 3.63) is 64.4 Å². The van der Waals surface area contributed by atoms with E-state index in [1.54, 1.807) is 33.9 Å². The van der Waals surface area contributed by atoms with Gasteiger partial charge in [0.1, 0.15) is 0 Å². The molecule has 0 unspecified atom stereocenters. The monoisotopic (exact) mass is 605 g/mol. The summed E-state index contributed by atoms with van der Waals surface area (Å²) in [6.07, 6.45) is -5.72. The van der Waals surface area contributed by atoms with Crippen molar-refractivity contribution in [1.29, 1.82) is 0 Å². The molecule has 2 aromatic carbocycles. The second-order valence-corrected chi connectivity index (χ2v) is 11.0. The van der Waals surface area contributed by atoms with Gasteiger partial charge in [0.05, 0.1) is 0 Å². The number of fused-ring (bicyclic) bond motifs is 1. The van der Waals surface area contributed by atoms with Crippen molar-refractivity contribution in [3.63, 3.8) is 0 Å². The van der Waals surface area contributed by atoms with Gasteiger partial charge in [-0.25, -0.2) is 0 Å². The average molecular weight is 604 g/mol. The Bertz CT molecular complexity index is 1440. The van der Waals surface area contributed by atoms with E-state index >= 15 is 0 Å². The summed E-state index contributed by atoms with van der Waals surface area (Å²) in [4.78, 5) is 60.5. The van der Waals surface area contributed by atoms with Crippen molar-refractivity contribution in [1.82, 2.24) is 3.56 Å². The molecule has 1 aromatic heterocycles. The molecule has 3 aromatic rings. The third-order valence-electron chi connectivity index (χ3n) is 5.94. The van der Waals surface area contributed by atoms with Crippen molar-refractivity contribution in [2.75, 3.05) is 6.61 Å². The van der Waals surface area contributed by atoms with Gasteiger partial charge >= 0.3 is 230 Å². The third-order valence-corrected chi connectivity index (χ3v) is 8.27. The van der Waals surface area contributed by atoms with E-state index in [0.717, 1.165) is 4.26 Å². The van der Waals surface area contributed by atoms with Crippen LogP contribution in [0, 0.1) is 0 Å². The fraction of sp³-hybridized carbons (Fsp3) is 0.370. The fourth-order valence-corrected chi connectivity index (χ4v) is 6.53. The van der Waals surface area contributed by atoms with Crippen molar-refractivity contribution in [2.45, 2.75) is 58.2 Å². The second kappa shape index (κ2) is 12.0. The van der Waals surface area contributed by atoms with E-state index in [4.69, 9.17) is 23.7 Å². The van der Waals surface area contributed by atoms with Crippen LogP contribution in [-0.4, -0.2) is 73.2 Å². The maximum absolute atomic E-state index is 12.9. The molecule has 0 radical (unpaired) electrons. The van der Waals surface area contributed by atoms with Crippen LogP contribution in [0.2, 0.25) is 0 Å². The minimum atomic E-state index is -1.26. The summed E-state index contributed by atoms with van der Waals surface area (Å²) in [6, 6.07) is 14.4. The zero-order chi connectivity index (χ0) is 28.3. The van der Waals surface area contributed by atoms with Crippen LogP contribution in [0.4, 0.5) is 0 Å². The van der Waals surface area contributed by atoms with E-state index in [9.17, 15) is 24.0 Å². The molecule has 0 bridgehead atoms. The third kappa shape index (κ3) is 6.47. The van der Waals surface area contributed by atoms with Crippen LogP contribution < -0.4 is 5.56 Å². The molecule has 1 fully saturated rings. The molecule has 4 rings (SSSR count). The number of nitrogens with zero attached hydrogens (tertiary/aromatic N) is 1. The molecule has 0 spiro atoms. The zero-order valence-electron chi connectivity index (χ0n) is 21.7. The molecule has 2 heterocycles. The number of carbonyl (C=O) groups is 4. The van der Waals surface area contributed by atoms with E-state index in [-0.39, 0.29) is 26.9 Å². The molecule has 0 N–H and O–H groups in total. The Labute approximate surface area is 229 Å². The van der Waals surface area contributed by atoms with Gasteiger partial charge < -0.3 is 0 Å². The molecule has 12 heteroatoms. The summed E-state index contributed by atoms with van der Waals surface area (Å²) in [5, 5.41) is 0.668. The van der Waals surface area contributed by atoms with E-state index in [0.29, 0.717) is 16.6 Å². The molecule has 39 heavy (non-hydrogen) atoms. The minimum absolute atomic E-state index is 0.0920. The zero-order valence-corrected chi connectivity index (χ0v) is 23.4. The van der Waals surface area contributed by atoms with Gasteiger partial charge in [-0.3, -0.25) is 0 Å². The summed E-state index contributed by atoms with van der Waals surface area (Å²) in [7, 11) is 0. The van der Waals surface area contributed by atoms with Crippen LogP contribution in [0.25, 0.3) is 15.3 Å². The van der Waals surface area contributed by atoms with Crippen LogP contribution in [0.1, 0.15) is 39.4 Å². The number of aromatic nitrogens is 1. The van der Waals surface area contributed by atoms with Gasteiger partial charge in [-0.1, -0.05) is 0 Å². The fourth-order valence-electron chi connectivity index (χ4n) is 4.44. The first-order chi connectivity index (χ1) is 18.5. The number of ether oxygens (including phenoxy) is 5. The molecular formula is C27H27NO10Se. The van der Waals surface area contributed by atoms with Crippen LogP contribution >= 0.6 is 0 Å². The molecular weight excluding hydrogens is 577 g/mol. The van der Waals surface area contributed by atoms with Gasteiger partial charge in [0, 0.05) is 0 Å². The van der Waals surface area contributed by atoms with Gasteiger partial charge in [-0.05, 0) is 0 Å². The Morgan fingerprint density at radius 2 is 1.38 bits per heavy atom. The van der Waals surface area contributed by atoms with Crippen LogP contribution in [0.15, 0.2) is 53.3 Å². The molecule has 1 saturated heterocycles. The first-order valence-corrected chi connectivity index (χ1v) is 13.7. The number of rotatable bonds is 7. The van der Waals surface area contributed by atoms with E-state index in [2.05, 4.69) is 0 Å². The van der Waals surface area contributed by atoms with Crippen molar-refractivity contribution < 1.29 is 42.9 Å². The van der Waals surface area contributed by atoms with Crippen LogP contribution in [-0.2, 0) is 42.9 Å². The van der Waals surface area contributed by atoms with E-state index in [1.165, 1.54) is 27.7 Å². The molecule has 1 aliphatic rings. The van der Waals surface area contributed by atoms with Gasteiger partial charge in [-0.15, -0.1) is 0 Å². The Kier molecular flexibility index (Phi) is 8.69. The normalized spacial score (nSPS) is 22.6. The van der Waals surface area contributed by atoms with Crippen molar-refractivity contribution in [2.24, 2.45) is 0 Å². The summed E-state index contributed by atoms with van der Waals surface area (Å²) in [5.41, 5.74) is 1.11. The number of hydrogen-bond acceptors (Lipinski definition) is 10. The summed E-state index contributed by atoms with van der Waals surface area (Å²) < 4.78 is 30.5. The standard InChI is InChI=1S/C27H27NO10Se/c1-14(29)34-13-21-24(35-15(2)30)26(37-17(4)32)25(36-16(3)31)23(38-21)18-9-11-19(12-10-18)28-27(33)20-7-5-6-8-22(20)39-28/h5-12,21,23-26H,13H2,1-4H3/t21-,23+,24-,25+,26+/m1/s1. The second-order valence-electron chi connectivity index (χ2n) is 8.90. The molecule has 5 atom stereocenters. The summed E-state index contributed by atoms with van der Waals surface area (Å²) >= 11 is -0.233. The number of carbonyl (C=O) groups excluding carboxylic acids is 4. The van der Waals surface area contributed by atoms with Crippen molar-refractivity contribution >= 4 is 48.3 Å². The average Bonchev–Trinajstić information content (AvgIpc) is 3.21. The van der Waals surface area contributed by atoms with Gasteiger partial charge in [0.25, 0.3) is 0 Å². The predicted octanol–water partition coefficient (Wildman–Crippen LogP) is 1.85. The Hall–Kier alpha value is -3.73. The molecule has 0 amide bonds. The molecule has 1 aliphatic heterocycles. The Morgan fingerprint density at radius 3 is 1.97 bits per heavy atom. The topological polar surface area (TPSA) is 136 Å². The SMILES string of the molecule is CC(=O)OC[C@H]1O[C@@H](c2ccc(-n3[se]c4ccccc4c3=O)cc2)[C@H](OC(C)=O)[C@@H](OC(C)=O)[C@@H]1OC(C)=O. The van der Waals surface area contributed by atoms with Crippen LogP contribution in [0.5, 0.6) is 0 Å². The number of benzene rings is 2. The molecule has 0 aliphatic carbocycles. The Morgan fingerprint density at radius 1 is 0.795 bits per heavy atom. The Balaban J connectivity index is 1.74. The first kappa shape index (κ1) is 28.3. The molecule has 11 nitrogen and oxygen atoms in total. The summed E-state index contributed by atoms with van der Waals surface area (Å²) in [5.74, 6) is -2.67. The van der Waals surface area contributed by atoms with Gasteiger partial charge in [0.15, 0.2) is 0 Å². The number of hydrogen-bond donors (Lipinski definition) is 0. The predicted molar refractivity (Wildman–Crippen MR) is 137 cm³/mol. The first-order valence-electron chi connectivity index (χ1n) is 12.1. The molecule has 0 saturated carbocycles. The van der Waals surface area contributed by atoms with Gasteiger partial charge in [-0.2, -0.15) is 0 Å².